The predicted molar refractivity (Wildman–Crippen MR) is 113 cm³/mol. The van der Waals surface area contributed by atoms with Crippen LogP contribution in [0.5, 0.6) is 5.75 Å². The van der Waals surface area contributed by atoms with Crippen molar-refractivity contribution in [2.45, 2.75) is 45.2 Å². The Bertz CT molecular complexity index is 1060. The minimum Gasteiger partial charge on any atom is -0.484 e. The molecule has 1 aromatic heterocycles. The van der Waals surface area contributed by atoms with Crippen molar-refractivity contribution in [1.29, 1.82) is 0 Å². The van der Waals surface area contributed by atoms with Crippen molar-refractivity contribution in [3.63, 3.8) is 0 Å². The van der Waals surface area contributed by atoms with Gasteiger partial charge in [0.15, 0.2) is 12.0 Å². The van der Waals surface area contributed by atoms with Crippen molar-refractivity contribution in [2.75, 3.05) is 6.61 Å². The summed E-state index contributed by atoms with van der Waals surface area (Å²) in [6.45, 7) is 4.15. The van der Waals surface area contributed by atoms with E-state index in [-0.39, 0.29) is 30.0 Å². The normalized spacial score (nSPS) is 19.3. The van der Waals surface area contributed by atoms with E-state index in [1.165, 1.54) is 6.26 Å². The summed E-state index contributed by atoms with van der Waals surface area (Å²) in [6.07, 6.45) is 4.69. The Kier molecular flexibility index (Phi) is 5.38. The van der Waals surface area contributed by atoms with Crippen molar-refractivity contribution in [3.05, 3.63) is 65.0 Å². The van der Waals surface area contributed by atoms with Crippen molar-refractivity contribution < 1.29 is 13.9 Å². The monoisotopic (exact) mass is 391 g/mol. The summed E-state index contributed by atoms with van der Waals surface area (Å²) in [5.74, 6) is 0.504. The number of benzene rings is 2. The van der Waals surface area contributed by atoms with Gasteiger partial charge in [0.25, 0.3) is 5.91 Å². The number of hydrogen-bond donors (Lipinski definition) is 0. The number of likely N-dealkylation sites (tertiary alicyclic amines) is 1. The van der Waals surface area contributed by atoms with Crippen LogP contribution in [0.25, 0.3) is 22.1 Å². The van der Waals surface area contributed by atoms with Gasteiger partial charge in [0.05, 0.1) is 10.9 Å². The lowest BCUT2D eigenvalue weighted by atomic mass is 9.97. The predicted octanol–water partition coefficient (Wildman–Crippen LogP) is 4.63. The van der Waals surface area contributed by atoms with Crippen molar-refractivity contribution in [2.24, 2.45) is 0 Å². The number of hydrogen-bond acceptors (Lipinski definition) is 4. The summed E-state index contributed by atoms with van der Waals surface area (Å²) < 4.78 is 11.4. The van der Waals surface area contributed by atoms with E-state index in [0.29, 0.717) is 22.3 Å². The molecule has 4 rings (SSSR count). The van der Waals surface area contributed by atoms with Crippen LogP contribution in [-0.4, -0.2) is 29.5 Å². The zero-order valence-corrected chi connectivity index (χ0v) is 16.8. The minimum atomic E-state index is -0.0870. The second-order valence-electron chi connectivity index (χ2n) is 7.72. The van der Waals surface area contributed by atoms with Gasteiger partial charge in [0.1, 0.15) is 17.6 Å². The molecule has 29 heavy (non-hydrogen) atoms. The fourth-order valence-corrected chi connectivity index (χ4v) is 4.15. The van der Waals surface area contributed by atoms with Gasteiger partial charge in [-0.25, -0.2) is 0 Å². The third-order valence-corrected chi connectivity index (χ3v) is 5.67. The summed E-state index contributed by atoms with van der Waals surface area (Å²) in [7, 11) is 0. The molecule has 2 atom stereocenters. The molecule has 3 aromatic rings. The Morgan fingerprint density at radius 2 is 1.83 bits per heavy atom. The molecule has 1 saturated heterocycles. The first-order chi connectivity index (χ1) is 14.0. The third kappa shape index (κ3) is 3.90. The topological polar surface area (TPSA) is 59.8 Å². The lowest BCUT2D eigenvalue weighted by molar-refractivity contribution is -0.139. The van der Waals surface area contributed by atoms with E-state index in [1.807, 2.05) is 35.2 Å². The Hall–Kier alpha value is -3.08. The maximum Gasteiger partial charge on any atom is 0.260 e. The lowest BCUT2D eigenvalue weighted by Crippen LogP contribution is -2.49. The molecule has 2 aromatic carbocycles. The highest BCUT2D eigenvalue weighted by atomic mass is 16.5. The Morgan fingerprint density at radius 1 is 1.10 bits per heavy atom. The minimum absolute atomic E-state index is 0.00863. The Labute approximate surface area is 169 Å². The number of carbonyl (C=O) groups excluding carboxylic acids is 1. The van der Waals surface area contributed by atoms with Gasteiger partial charge in [0, 0.05) is 18.2 Å². The largest absolute Gasteiger partial charge is 0.484 e. The molecule has 1 aliphatic rings. The van der Waals surface area contributed by atoms with Crippen LogP contribution < -0.4 is 10.2 Å². The molecule has 5 heteroatoms. The van der Waals surface area contributed by atoms with Crippen molar-refractivity contribution >= 4 is 16.9 Å². The first-order valence-corrected chi connectivity index (χ1v) is 10.1. The van der Waals surface area contributed by atoms with E-state index in [9.17, 15) is 9.59 Å². The van der Waals surface area contributed by atoms with Crippen LogP contribution in [0.15, 0.2) is 64.0 Å². The number of piperidine rings is 1. The van der Waals surface area contributed by atoms with Crippen LogP contribution in [-0.2, 0) is 4.79 Å². The van der Waals surface area contributed by atoms with Crippen LogP contribution in [0.1, 0.15) is 33.1 Å². The molecular weight excluding hydrogens is 366 g/mol. The van der Waals surface area contributed by atoms with E-state index in [0.717, 1.165) is 24.8 Å². The molecule has 0 bridgehead atoms. The summed E-state index contributed by atoms with van der Waals surface area (Å²) in [6, 6.07) is 15.0. The highest BCUT2D eigenvalue weighted by Crippen LogP contribution is 2.25. The van der Waals surface area contributed by atoms with E-state index in [2.05, 4.69) is 13.8 Å². The second kappa shape index (κ2) is 8.11. The molecule has 0 radical (unpaired) electrons. The molecule has 150 valence electrons. The van der Waals surface area contributed by atoms with Gasteiger partial charge in [0.2, 0.25) is 0 Å². The molecule has 0 N–H and O–H groups in total. The Morgan fingerprint density at radius 3 is 2.55 bits per heavy atom. The number of fused-ring (bicyclic) bond motifs is 1. The number of ether oxygens (including phenoxy) is 1. The molecular formula is C24H25NO4. The van der Waals surface area contributed by atoms with Gasteiger partial charge in [-0.2, -0.15) is 0 Å². The van der Waals surface area contributed by atoms with Crippen LogP contribution in [0.2, 0.25) is 0 Å². The van der Waals surface area contributed by atoms with Crippen molar-refractivity contribution in [3.8, 4) is 16.9 Å². The Balaban J connectivity index is 1.52. The number of rotatable bonds is 4. The molecule has 1 amide bonds. The van der Waals surface area contributed by atoms with Crippen LogP contribution >= 0.6 is 0 Å². The van der Waals surface area contributed by atoms with Gasteiger partial charge in [-0.1, -0.05) is 30.3 Å². The quantitative estimate of drug-likeness (QED) is 0.651. The molecule has 0 spiro atoms. The fraction of sp³-hybridized carbons (Fsp3) is 0.333. The first-order valence-electron chi connectivity index (χ1n) is 10.1. The van der Waals surface area contributed by atoms with E-state index < -0.39 is 0 Å². The highest BCUT2D eigenvalue weighted by molar-refractivity contribution is 5.83. The molecule has 0 unspecified atom stereocenters. The van der Waals surface area contributed by atoms with Gasteiger partial charge in [-0.15, -0.1) is 0 Å². The van der Waals surface area contributed by atoms with Gasteiger partial charge in [-0.3, -0.25) is 9.59 Å². The maximum absolute atomic E-state index is 12.8. The SMILES string of the molecule is C[C@@H]1CCC[C@H](C)N1C(=O)COc1ccc2c(=O)c(-c3ccccc3)coc2c1. The number of carbonyl (C=O) groups is 1. The maximum atomic E-state index is 12.8. The fourth-order valence-electron chi connectivity index (χ4n) is 4.15. The van der Waals surface area contributed by atoms with Gasteiger partial charge >= 0.3 is 0 Å². The van der Waals surface area contributed by atoms with Gasteiger partial charge in [-0.05, 0) is 50.8 Å². The van der Waals surface area contributed by atoms with Gasteiger partial charge < -0.3 is 14.1 Å². The highest BCUT2D eigenvalue weighted by Gasteiger charge is 2.29. The summed E-state index contributed by atoms with van der Waals surface area (Å²) in [4.78, 5) is 27.4. The first kappa shape index (κ1) is 19.2. The average Bonchev–Trinajstić information content (AvgIpc) is 2.73. The van der Waals surface area contributed by atoms with Crippen molar-refractivity contribution in [1.82, 2.24) is 4.90 Å². The second-order valence-corrected chi connectivity index (χ2v) is 7.72. The zero-order valence-electron chi connectivity index (χ0n) is 16.8. The molecule has 0 aliphatic carbocycles. The number of amides is 1. The van der Waals surface area contributed by atoms with E-state index >= 15 is 0 Å². The number of nitrogens with zero attached hydrogens (tertiary/aromatic N) is 1. The van der Waals surface area contributed by atoms with Crippen LogP contribution in [0.3, 0.4) is 0 Å². The summed E-state index contributed by atoms with van der Waals surface area (Å²) in [5.41, 5.74) is 1.70. The van der Waals surface area contributed by atoms with Crippen LogP contribution in [0, 0.1) is 0 Å². The molecule has 5 nitrogen and oxygen atoms in total. The van der Waals surface area contributed by atoms with E-state index in [4.69, 9.17) is 9.15 Å². The molecule has 0 saturated carbocycles. The lowest BCUT2D eigenvalue weighted by Gasteiger charge is -2.38. The summed E-state index contributed by atoms with van der Waals surface area (Å²) in [5, 5.41) is 0.489. The third-order valence-electron chi connectivity index (χ3n) is 5.67. The van der Waals surface area contributed by atoms with E-state index in [1.54, 1.807) is 18.2 Å². The zero-order chi connectivity index (χ0) is 20.4. The molecule has 2 heterocycles. The summed E-state index contributed by atoms with van der Waals surface area (Å²) >= 11 is 0. The molecule has 1 aliphatic heterocycles. The average molecular weight is 391 g/mol. The van der Waals surface area contributed by atoms with Crippen LogP contribution in [0.4, 0.5) is 0 Å². The molecule has 1 fully saturated rings. The smallest absolute Gasteiger partial charge is 0.260 e. The standard InChI is InChI=1S/C24H25NO4/c1-16-7-6-8-17(2)25(16)23(26)15-28-19-11-12-20-22(13-19)29-14-21(24(20)27)18-9-4-3-5-10-18/h3-5,9-14,16-17H,6-8,15H2,1-2H3/t16-,17+.